The average molecular weight is 304 g/mol. The van der Waals surface area contributed by atoms with Crippen molar-refractivity contribution >= 4 is 5.91 Å². The van der Waals surface area contributed by atoms with Crippen LogP contribution in [0.25, 0.3) is 0 Å². The van der Waals surface area contributed by atoms with Gasteiger partial charge in [0, 0.05) is 6.54 Å². The average Bonchev–Trinajstić information content (AvgIpc) is 2.50. The Morgan fingerprint density at radius 1 is 1.14 bits per heavy atom. The molecule has 1 amide bonds. The molecule has 0 spiro atoms. The van der Waals surface area contributed by atoms with Crippen LogP contribution in [0, 0.1) is 13.8 Å². The fourth-order valence-corrected chi connectivity index (χ4v) is 2.93. The third kappa shape index (κ3) is 6.06. The second-order valence-electron chi connectivity index (χ2n) is 6.22. The molecular formula is C18H28N2O2. The third-order valence-corrected chi connectivity index (χ3v) is 3.99. The van der Waals surface area contributed by atoms with Gasteiger partial charge in [-0.25, -0.2) is 0 Å². The molecule has 1 aromatic rings. The van der Waals surface area contributed by atoms with Crippen molar-refractivity contribution in [3.05, 3.63) is 29.3 Å². The monoisotopic (exact) mass is 304 g/mol. The highest BCUT2D eigenvalue weighted by Gasteiger charge is 2.09. The van der Waals surface area contributed by atoms with Crippen LogP contribution >= 0.6 is 0 Å². The van der Waals surface area contributed by atoms with Crippen LogP contribution in [-0.4, -0.2) is 43.6 Å². The predicted octanol–water partition coefficient (Wildman–Crippen LogP) is 2.67. The van der Waals surface area contributed by atoms with E-state index in [2.05, 4.69) is 16.3 Å². The molecule has 1 saturated heterocycles. The lowest BCUT2D eigenvalue weighted by Gasteiger charge is -2.26. The molecule has 4 nitrogen and oxygen atoms in total. The van der Waals surface area contributed by atoms with Crippen molar-refractivity contribution in [3.8, 4) is 5.75 Å². The molecule has 1 heterocycles. The molecule has 22 heavy (non-hydrogen) atoms. The van der Waals surface area contributed by atoms with Crippen molar-refractivity contribution in [2.45, 2.75) is 39.5 Å². The minimum atomic E-state index is -0.0437. The van der Waals surface area contributed by atoms with E-state index in [1.54, 1.807) is 0 Å². The van der Waals surface area contributed by atoms with Crippen molar-refractivity contribution in [3.63, 3.8) is 0 Å². The van der Waals surface area contributed by atoms with Crippen LogP contribution < -0.4 is 10.1 Å². The fraction of sp³-hybridized carbons (Fsp3) is 0.611. The van der Waals surface area contributed by atoms with Crippen molar-refractivity contribution in [1.29, 1.82) is 0 Å². The number of aryl methyl sites for hydroxylation is 2. The highest BCUT2D eigenvalue weighted by molar-refractivity contribution is 5.77. The molecule has 4 heteroatoms. The molecule has 1 aromatic carbocycles. The summed E-state index contributed by atoms with van der Waals surface area (Å²) in [6.07, 6.45) is 5.00. The smallest absolute Gasteiger partial charge is 0.257 e. The van der Waals surface area contributed by atoms with Gasteiger partial charge in [-0.2, -0.15) is 0 Å². The summed E-state index contributed by atoms with van der Waals surface area (Å²) in [7, 11) is 0. The fourth-order valence-electron chi connectivity index (χ4n) is 2.93. The van der Waals surface area contributed by atoms with Gasteiger partial charge >= 0.3 is 0 Å². The number of benzene rings is 1. The molecule has 1 aliphatic rings. The predicted molar refractivity (Wildman–Crippen MR) is 89.3 cm³/mol. The summed E-state index contributed by atoms with van der Waals surface area (Å²) < 4.78 is 5.55. The van der Waals surface area contributed by atoms with E-state index in [1.165, 1.54) is 32.4 Å². The Morgan fingerprint density at radius 2 is 1.82 bits per heavy atom. The van der Waals surface area contributed by atoms with E-state index in [-0.39, 0.29) is 12.5 Å². The maximum Gasteiger partial charge on any atom is 0.257 e. The number of hydrogen-bond acceptors (Lipinski definition) is 3. The lowest BCUT2D eigenvalue weighted by atomic mass is 10.1. The maximum atomic E-state index is 11.8. The third-order valence-electron chi connectivity index (χ3n) is 3.99. The topological polar surface area (TPSA) is 41.6 Å². The van der Waals surface area contributed by atoms with Crippen LogP contribution in [0.5, 0.6) is 5.75 Å². The minimum absolute atomic E-state index is 0.0437. The van der Waals surface area contributed by atoms with Crippen molar-refractivity contribution in [2.75, 3.05) is 32.8 Å². The van der Waals surface area contributed by atoms with E-state index in [4.69, 9.17) is 4.74 Å². The Balaban J connectivity index is 1.59. The number of piperidine rings is 1. The number of ether oxygens (including phenoxy) is 1. The molecule has 0 atom stereocenters. The second kappa shape index (κ2) is 8.79. The van der Waals surface area contributed by atoms with Crippen molar-refractivity contribution in [2.24, 2.45) is 0 Å². The van der Waals surface area contributed by atoms with Crippen LogP contribution in [0.2, 0.25) is 0 Å². The lowest BCUT2D eigenvalue weighted by Crippen LogP contribution is -2.34. The number of carbonyl (C=O) groups excluding carboxylic acids is 1. The molecule has 0 saturated carbocycles. The first-order valence-electron chi connectivity index (χ1n) is 8.33. The summed E-state index contributed by atoms with van der Waals surface area (Å²) in [5.41, 5.74) is 2.30. The first-order chi connectivity index (χ1) is 10.6. The summed E-state index contributed by atoms with van der Waals surface area (Å²) in [6.45, 7) is 8.38. The standard InChI is InChI=1S/C18H28N2O2/c1-15-11-16(2)13-17(12-15)22-14-18(21)19-7-6-10-20-8-4-3-5-9-20/h11-13H,3-10,14H2,1-2H3,(H,19,21). The molecule has 0 aromatic heterocycles. The zero-order valence-electron chi connectivity index (χ0n) is 13.9. The Bertz CT molecular complexity index is 462. The summed E-state index contributed by atoms with van der Waals surface area (Å²) in [5, 5.41) is 2.93. The number of hydrogen-bond donors (Lipinski definition) is 1. The Hall–Kier alpha value is -1.55. The number of carbonyl (C=O) groups is 1. The summed E-state index contributed by atoms with van der Waals surface area (Å²) in [6, 6.07) is 6.00. The van der Waals surface area contributed by atoms with E-state index in [9.17, 15) is 4.79 Å². The number of amides is 1. The maximum absolute atomic E-state index is 11.8. The van der Waals surface area contributed by atoms with Gasteiger partial charge in [0.25, 0.3) is 5.91 Å². The second-order valence-corrected chi connectivity index (χ2v) is 6.22. The van der Waals surface area contributed by atoms with E-state index in [1.807, 2.05) is 26.0 Å². The largest absolute Gasteiger partial charge is 0.484 e. The summed E-state index contributed by atoms with van der Waals surface area (Å²) in [5.74, 6) is 0.721. The van der Waals surface area contributed by atoms with Crippen LogP contribution in [0.15, 0.2) is 18.2 Å². The molecule has 0 bridgehead atoms. The molecule has 122 valence electrons. The first-order valence-corrected chi connectivity index (χ1v) is 8.33. The molecule has 1 N–H and O–H groups in total. The van der Waals surface area contributed by atoms with Gasteiger partial charge in [0.05, 0.1) is 0 Å². The van der Waals surface area contributed by atoms with Crippen LogP contribution in [0.4, 0.5) is 0 Å². The van der Waals surface area contributed by atoms with Gasteiger partial charge in [-0.05, 0) is 76.0 Å². The van der Waals surface area contributed by atoms with Crippen LogP contribution in [-0.2, 0) is 4.79 Å². The molecule has 0 unspecified atom stereocenters. The molecular weight excluding hydrogens is 276 g/mol. The molecule has 0 radical (unpaired) electrons. The van der Waals surface area contributed by atoms with E-state index < -0.39 is 0 Å². The van der Waals surface area contributed by atoms with Crippen LogP contribution in [0.1, 0.15) is 36.8 Å². The Kier molecular flexibility index (Phi) is 6.72. The minimum Gasteiger partial charge on any atom is -0.484 e. The van der Waals surface area contributed by atoms with Gasteiger partial charge in [-0.1, -0.05) is 12.5 Å². The van der Waals surface area contributed by atoms with E-state index >= 15 is 0 Å². The van der Waals surface area contributed by atoms with Gasteiger partial charge in [0.2, 0.25) is 0 Å². The SMILES string of the molecule is Cc1cc(C)cc(OCC(=O)NCCCN2CCCCC2)c1. The first kappa shape index (κ1) is 16.8. The zero-order chi connectivity index (χ0) is 15.8. The zero-order valence-corrected chi connectivity index (χ0v) is 13.9. The van der Waals surface area contributed by atoms with Crippen LogP contribution in [0.3, 0.4) is 0 Å². The van der Waals surface area contributed by atoms with Gasteiger partial charge in [0.15, 0.2) is 6.61 Å². The number of nitrogens with one attached hydrogen (secondary N) is 1. The summed E-state index contributed by atoms with van der Waals surface area (Å²) in [4.78, 5) is 14.3. The molecule has 0 aliphatic carbocycles. The normalized spacial score (nSPS) is 15.5. The quantitative estimate of drug-likeness (QED) is 0.788. The van der Waals surface area contributed by atoms with Gasteiger partial charge in [0.1, 0.15) is 5.75 Å². The number of nitrogens with zero attached hydrogens (tertiary/aromatic N) is 1. The summed E-state index contributed by atoms with van der Waals surface area (Å²) >= 11 is 0. The van der Waals surface area contributed by atoms with Gasteiger partial charge in [-0.15, -0.1) is 0 Å². The molecule has 1 aliphatic heterocycles. The van der Waals surface area contributed by atoms with Crippen molar-refractivity contribution < 1.29 is 9.53 Å². The highest BCUT2D eigenvalue weighted by atomic mass is 16.5. The number of rotatable bonds is 7. The molecule has 1 fully saturated rings. The lowest BCUT2D eigenvalue weighted by molar-refractivity contribution is -0.123. The van der Waals surface area contributed by atoms with Gasteiger partial charge in [-0.3, -0.25) is 4.79 Å². The van der Waals surface area contributed by atoms with Crippen molar-refractivity contribution in [1.82, 2.24) is 10.2 Å². The highest BCUT2D eigenvalue weighted by Crippen LogP contribution is 2.15. The molecule has 2 rings (SSSR count). The van der Waals surface area contributed by atoms with Gasteiger partial charge < -0.3 is 15.0 Å². The van der Waals surface area contributed by atoms with E-state index in [0.29, 0.717) is 0 Å². The van der Waals surface area contributed by atoms with E-state index in [0.717, 1.165) is 36.4 Å². The Morgan fingerprint density at radius 3 is 2.50 bits per heavy atom. The number of likely N-dealkylation sites (tertiary alicyclic amines) is 1. The Labute approximate surface area is 133 Å².